The molecule has 0 unspecified atom stereocenters. The molecule has 4 atom stereocenters. The average Bonchev–Trinajstić information content (AvgIpc) is 2.74. The van der Waals surface area contributed by atoms with Gasteiger partial charge in [0.25, 0.3) is 0 Å². The van der Waals surface area contributed by atoms with Crippen LogP contribution >= 0.6 is 0 Å². The van der Waals surface area contributed by atoms with Crippen molar-refractivity contribution >= 4 is 5.97 Å². The molecule has 0 spiro atoms. The fourth-order valence-electron chi connectivity index (χ4n) is 2.23. The van der Waals surface area contributed by atoms with Crippen molar-refractivity contribution in [2.45, 2.75) is 57.4 Å². The summed E-state index contributed by atoms with van der Waals surface area (Å²) >= 11 is 0. The first kappa shape index (κ1) is 18.1. The van der Waals surface area contributed by atoms with Crippen LogP contribution in [-0.2, 0) is 19.0 Å². The maximum Gasteiger partial charge on any atom is 0.333 e. The van der Waals surface area contributed by atoms with E-state index in [-0.39, 0.29) is 25.1 Å². The van der Waals surface area contributed by atoms with Gasteiger partial charge in [-0.25, -0.2) is 4.79 Å². The van der Waals surface area contributed by atoms with Crippen LogP contribution < -0.4 is 5.73 Å². The second-order valence-corrected chi connectivity index (χ2v) is 5.46. The van der Waals surface area contributed by atoms with Gasteiger partial charge in [-0.1, -0.05) is 6.58 Å². The van der Waals surface area contributed by atoms with Crippen LogP contribution in [0.1, 0.15) is 27.2 Å². The molecular weight excluding hydrogens is 278 g/mol. The summed E-state index contributed by atoms with van der Waals surface area (Å²) in [4.78, 5) is 11.5. The predicted octanol–water partition coefficient (Wildman–Crippen LogP) is -0.304. The molecule has 0 bridgehead atoms. The van der Waals surface area contributed by atoms with Crippen LogP contribution in [0.25, 0.3) is 0 Å². The Morgan fingerprint density at radius 1 is 1.33 bits per heavy atom. The lowest BCUT2D eigenvalue weighted by Gasteiger charge is -2.25. The van der Waals surface area contributed by atoms with Crippen LogP contribution in [-0.4, -0.2) is 59.5 Å². The largest absolute Gasteiger partial charge is 0.463 e. The fraction of sp³-hybridized carbons (Fsp3) is 0.786. The minimum Gasteiger partial charge on any atom is -0.463 e. The molecule has 7 heteroatoms. The lowest BCUT2D eigenvalue weighted by Crippen LogP contribution is -2.45. The second kappa shape index (κ2) is 7.33. The van der Waals surface area contributed by atoms with Crippen molar-refractivity contribution in [2.24, 2.45) is 5.73 Å². The maximum absolute atomic E-state index is 11.5. The zero-order chi connectivity index (χ0) is 16.2. The highest BCUT2D eigenvalue weighted by Gasteiger charge is 2.47. The third-order valence-corrected chi connectivity index (χ3v) is 3.18. The Morgan fingerprint density at radius 3 is 2.33 bits per heavy atom. The monoisotopic (exact) mass is 303 g/mol. The van der Waals surface area contributed by atoms with Gasteiger partial charge < -0.3 is 30.2 Å². The summed E-state index contributed by atoms with van der Waals surface area (Å²) in [6.07, 6.45) is -3.63. The Kier molecular flexibility index (Phi) is 6.30. The number of hydrogen-bond donors (Lipinski definition) is 3. The smallest absolute Gasteiger partial charge is 0.333 e. The molecule has 0 aromatic carbocycles. The molecule has 1 rings (SSSR count). The quantitative estimate of drug-likeness (QED) is 0.437. The highest BCUT2D eigenvalue weighted by atomic mass is 16.8. The van der Waals surface area contributed by atoms with Gasteiger partial charge >= 0.3 is 5.97 Å². The molecule has 0 radical (unpaired) electrons. The molecule has 4 N–H and O–H groups in total. The van der Waals surface area contributed by atoms with E-state index in [0.29, 0.717) is 0 Å². The Balaban J connectivity index is 2.72. The van der Waals surface area contributed by atoms with E-state index < -0.39 is 36.2 Å². The lowest BCUT2D eigenvalue weighted by molar-refractivity contribution is -0.160. The molecule has 1 saturated heterocycles. The Morgan fingerprint density at radius 2 is 1.86 bits per heavy atom. The van der Waals surface area contributed by atoms with E-state index in [1.807, 2.05) is 0 Å². The number of aliphatic hydroxyl groups excluding tert-OH is 2. The Hall–Kier alpha value is -0.990. The van der Waals surface area contributed by atoms with Gasteiger partial charge in [-0.15, -0.1) is 0 Å². The van der Waals surface area contributed by atoms with Gasteiger partial charge in [0.15, 0.2) is 5.79 Å². The molecule has 0 aromatic rings. The van der Waals surface area contributed by atoms with Gasteiger partial charge in [-0.3, -0.25) is 0 Å². The first-order valence-electron chi connectivity index (χ1n) is 6.98. The SMILES string of the molecule is C=C(C[C@@H](O)[C@H]1OC(C)(C)O[C@@H]1[C@H](O)CN)C(=O)OCC. The minimum absolute atomic E-state index is 0.0217. The minimum atomic E-state index is -1.06. The van der Waals surface area contributed by atoms with Gasteiger partial charge in [-0.05, 0) is 20.8 Å². The van der Waals surface area contributed by atoms with Crippen LogP contribution in [0.4, 0.5) is 0 Å². The average molecular weight is 303 g/mol. The van der Waals surface area contributed by atoms with Gasteiger partial charge in [0.1, 0.15) is 12.2 Å². The molecule has 122 valence electrons. The second-order valence-electron chi connectivity index (χ2n) is 5.46. The summed E-state index contributed by atoms with van der Waals surface area (Å²) < 4.78 is 16.0. The molecule has 1 heterocycles. The van der Waals surface area contributed by atoms with Crippen LogP contribution in [0.15, 0.2) is 12.2 Å². The fourth-order valence-corrected chi connectivity index (χ4v) is 2.23. The van der Waals surface area contributed by atoms with Crippen molar-refractivity contribution in [3.8, 4) is 0 Å². The van der Waals surface area contributed by atoms with Gasteiger partial charge in [0.2, 0.25) is 0 Å². The van der Waals surface area contributed by atoms with Crippen LogP contribution in [0.5, 0.6) is 0 Å². The number of hydrogen-bond acceptors (Lipinski definition) is 7. The zero-order valence-electron chi connectivity index (χ0n) is 12.7. The molecule has 7 nitrogen and oxygen atoms in total. The van der Waals surface area contributed by atoms with Crippen molar-refractivity contribution < 1.29 is 29.2 Å². The Bertz CT molecular complexity index is 384. The number of nitrogens with two attached hydrogens (primary N) is 1. The van der Waals surface area contributed by atoms with E-state index in [0.717, 1.165) is 0 Å². The van der Waals surface area contributed by atoms with Gasteiger partial charge in [0.05, 0.1) is 18.8 Å². The molecule has 1 aliphatic heterocycles. The van der Waals surface area contributed by atoms with Crippen LogP contribution in [0.3, 0.4) is 0 Å². The van der Waals surface area contributed by atoms with Crippen molar-refractivity contribution in [2.75, 3.05) is 13.2 Å². The van der Waals surface area contributed by atoms with E-state index in [4.69, 9.17) is 19.9 Å². The van der Waals surface area contributed by atoms with Gasteiger partial charge in [0, 0.05) is 18.5 Å². The number of carbonyl (C=O) groups is 1. The number of esters is 1. The van der Waals surface area contributed by atoms with E-state index in [1.54, 1.807) is 20.8 Å². The van der Waals surface area contributed by atoms with Crippen molar-refractivity contribution in [1.82, 2.24) is 0 Å². The van der Waals surface area contributed by atoms with Crippen molar-refractivity contribution in [3.05, 3.63) is 12.2 Å². The summed E-state index contributed by atoms with van der Waals surface area (Å²) in [5, 5.41) is 20.1. The summed E-state index contributed by atoms with van der Waals surface area (Å²) in [6.45, 7) is 8.85. The first-order chi connectivity index (χ1) is 9.71. The molecule has 0 aliphatic carbocycles. The summed E-state index contributed by atoms with van der Waals surface area (Å²) in [7, 11) is 0. The molecule has 0 saturated carbocycles. The predicted molar refractivity (Wildman–Crippen MR) is 75.3 cm³/mol. The summed E-state index contributed by atoms with van der Waals surface area (Å²) in [5.74, 6) is -1.51. The molecule has 21 heavy (non-hydrogen) atoms. The van der Waals surface area contributed by atoms with Crippen molar-refractivity contribution in [3.63, 3.8) is 0 Å². The topological polar surface area (TPSA) is 111 Å². The van der Waals surface area contributed by atoms with E-state index >= 15 is 0 Å². The third kappa shape index (κ3) is 4.76. The van der Waals surface area contributed by atoms with Crippen LogP contribution in [0.2, 0.25) is 0 Å². The first-order valence-corrected chi connectivity index (χ1v) is 6.98. The lowest BCUT2D eigenvalue weighted by atomic mass is 9.98. The Labute approximate surface area is 124 Å². The van der Waals surface area contributed by atoms with E-state index in [2.05, 4.69) is 6.58 Å². The van der Waals surface area contributed by atoms with Crippen LogP contribution in [0, 0.1) is 0 Å². The maximum atomic E-state index is 11.5. The normalized spacial score (nSPS) is 27.1. The zero-order valence-corrected chi connectivity index (χ0v) is 12.7. The number of carbonyl (C=O) groups excluding carboxylic acids is 1. The number of rotatable bonds is 7. The number of aliphatic hydroxyl groups is 2. The molecular formula is C14H25NO6. The molecule has 0 amide bonds. The van der Waals surface area contributed by atoms with E-state index in [1.165, 1.54) is 0 Å². The highest BCUT2D eigenvalue weighted by Crippen LogP contribution is 2.33. The molecule has 0 aromatic heterocycles. The summed E-state index contributed by atoms with van der Waals surface area (Å²) in [5.41, 5.74) is 5.57. The summed E-state index contributed by atoms with van der Waals surface area (Å²) in [6, 6.07) is 0. The standard InChI is InChI=1S/C14H25NO6/c1-5-19-13(18)8(2)6-9(16)11-12(10(17)7-15)21-14(3,4)20-11/h9-12,16-17H,2,5-7,15H2,1,3-4H3/t9-,10-,11-,12-/m1/s1. The number of ether oxygens (including phenoxy) is 3. The van der Waals surface area contributed by atoms with E-state index in [9.17, 15) is 15.0 Å². The third-order valence-electron chi connectivity index (χ3n) is 3.18. The molecule has 1 aliphatic rings. The van der Waals surface area contributed by atoms with Crippen molar-refractivity contribution in [1.29, 1.82) is 0 Å². The van der Waals surface area contributed by atoms with Gasteiger partial charge in [-0.2, -0.15) is 0 Å². The highest BCUT2D eigenvalue weighted by molar-refractivity contribution is 5.87. The molecule has 1 fully saturated rings.